The van der Waals surface area contributed by atoms with Crippen LogP contribution in [0.3, 0.4) is 0 Å². The minimum Gasteiger partial charge on any atom is -0.388 e. The summed E-state index contributed by atoms with van der Waals surface area (Å²) in [5.41, 5.74) is 4.54. The first-order chi connectivity index (χ1) is 7.81. The highest BCUT2D eigenvalue weighted by molar-refractivity contribution is 5.68. The van der Waals surface area contributed by atoms with Crippen LogP contribution in [0.5, 0.6) is 0 Å². The summed E-state index contributed by atoms with van der Waals surface area (Å²) < 4.78 is 0. The van der Waals surface area contributed by atoms with Gasteiger partial charge in [0.15, 0.2) is 0 Å². The third-order valence-corrected chi connectivity index (χ3v) is 2.64. The molecule has 80 valence electrons. The van der Waals surface area contributed by atoms with Crippen molar-refractivity contribution in [1.29, 1.82) is 0 Å². The summed E-state index contributed by atoms with van der Waals surface area (Å²) in [5.74, 6) is 0. The van der Waals surface area contributed by atoms with Crippen molar-refractivity contribution in [1.82, 2.24) is 5.32 Å². The van der Waals surface area contributed by atoms with Gasteiger partial charge in [-0.2, -0.15) is 0 Å². The molecule has 0 radical (unpaired) electrons. The van der Waals surface area contributed by atoms with Crippen LogP contribution in [0.25, 0.3) is 16.8 Å². The molecule has 2 aromatic carbocycles. The van der Waals surface area contributed by atoms with E-state index in [0.29, 0.717) is 0 Å². The monoisotopic (exact) mass is 209 g/mol. The Morgan fingerprint density at radius 3 is 2.00 bits per heavy atom. The van der Waals surface area contributed by atoms with Crippen molar-refractivity contribution < 1.29 is 0 Å². The smallest absolute Gasteiger partial charge is 0.0338 e. The summed E-state index contributed by atoms with van der Waals surface area (Å²) in [7, 11) is 1.88. The molecule has 1 N–H and O–H groups in total. The second-order valence-electron chi connectivity index (χ2n) is 3.67. The molecule has 0 aliphatic heterocycles. The highest BCUT2D eigenvalue weighted by atomic mass is 14.8. The third-order valence-electron chi connectivity index (χ3n) is 2.64. The lowest BCUT2D eigenvalue weighted by Crippen LogP contribution is -2.02. The van der Waals surface area contributed by atoms with Gasteiger partial charge in [-0.15, -0.1) is 0 Å². The van der Waals surface area contributed by atoms with Crippen LogP contribution in [-0.4, -0.2) is 7.05 Å². The Morgan fingerprint density at radius 1 is 0.875 bits per heavy atom. The first kappa shape index (κ1) is 10.5. The molecule has 2 aromatic rings. The number of nitrogens with one attached hydrogen (secondary N) is 1. The fourth-order valence-corrected chi connectivity index (χ4v) is 1.64. The molecule has 0 aromatic heterocycles. The second-order valence-corrected chi connectivity index (χ2v) is 3.67. The van der Waals surface area contributed by atoms with E-state index in [9.17, 15) is 0 Å². The van der Waals surface area contributed by atoms with E-state index in [2.05, 4.69) is 60.4 Å². The van der Waals surface area contributed by atoms with Crippen LogP contribution in [0, 0.1) is 0 Å². The Balaban J connectivity index is 2.30. The zero-order valence-corrected chi connectivity index (χ0v) is 9.40. The maximum Gasteiger partial charge on any atom is 0.0338 e. The molecule has 1 nitrogen and oxygen atoms in total. The largest absolute Gasteiger partial charge is 0.388 e. The van der Waals surface area contributed by atoms with E-state index < -0.39 is 0 Å². The maximum absolute atomic E-state index is 3.93. The molecule has 0 aliphatic carbocycles. The summed E-state index contributed by atoms with van der Waals surface area (Å²) >= 11 is 0. The molecule has 0 unspecified atom stereocenters. The summed E-state index contributed by atoms with van der Waals surface area (Å²) in [6.07, 6.45) is 0. The third kappa shape index (κ3) is 2.14. The van der Waals surface area contributed by atoms with Gasteiger partial charge in [0.1, 0.15) is 0 Å². The molecule has 0 spiro atoms. The molecule has 16 heavy (non-hydrogen) atoms. The van der Waals surface area contributed by atoms with Crippen molar-refractivity contribution in [2.24, 2.45) is 0 Å². The Kier molecular flexibility index (Phi) is 3.06. The first-order valence-corrected chi connectivity index (χ1v) is 5.34. The Hall–Kier alpha value is -2.02. The normalized spacial score (nSPS) is 9.81. The number of hydrogen-bond acceptors (Lipinski definition) is 1. The van der Waals surface area contributed by atoms with Gasteiger partial charge in [0, 0.05) is 12.7 Å². The van der Waals surface area contributed by atoms with E-state index in [0.717, 1.165) is 11.3 Å². The van der Waals surface area contributed by atoms with Gasteiger partial charge in [-0.3, -0.25) is 0 Å². The van der Waals surface area contributed by atoms with Crippen LogP contribution >= 0.6 is 0 Å². The fraction of sp³-hybridized carbons (Fsp3) is 0.0667. The van der Waals surface area contributed by atoms with Crippen LogP contribution in [0.1, 0.15) is 5.56 Å². The van der Waals surface area contributed by atoms with Crippen molar-refractivity contribution in [2.45, 2.75) is 0 Å². The molecular formula is C15H15N. The lowest BCUT2D eigenvalue weighted by Gasteiger charge is -2.06. The minimum absolute atomic E-state index is 0.944. The molecule has 0 fully saturated rings. The summed E-state index contributed by atoms with van der Waals surface area (Å²) in [6, 6.07) is 18.8. The summed E-state index contributed by atoms with van der Waals surface area (Å²) in [4.78, 5) is 0. The summed E-state index contributed by atoms with van der Waals surface area (Å²) in [5, 5.41) is 3.05. The fourth-order valence-electron chi connectivity index (χ4n) is 1.64. The molecule has 0 amide bonds. The van der Waals surface area contributed by atoms with Crippen LogP contribution in [0.4, 0.5) is 0 Å². The first-order valence-electron chi connectivity index (χ1n) is 5.34. The highest BCUT2D eigenvalue weighted by Crippen LogP contribution is 2.20. The molecule has 2 rings (SSSR count). The average molecular weight is 209 g/mol. The standard InChI is InChI=1S/C15H15N/c1-12(16-2)13-8-10-15(11-9-13)14-6-4-3-5-7-14/h3-11,16H,1H2,2H3. The number of rotatable bonds is 3. The molecular weight excluding hydrogens is 194 g/mol. The van der Waals surface area contributed by atoms with Crippen molar-refractivity contribution in [3.8, 4) is 11.1 Å². The zero-order valence-electron chi connectivity index (χ0n) is 9.40. The van der Waals surface area contributed by atoms with E-state index >= 15 is 0 Å². The molecule has 0 aliphatic rings. The average Bonchev–Trinajstić information content (AvgIpc) is 2.39. The van der Waals surface area contributed by atoms with Crippen LogP contribution in [0.2, 0.25) is 0 Å². The van der Waals surface area contributed by atoms with Crippen molar-refractivity contribution in [3.05, 3.63) is 66.7 Å². The van der Waals surface area contributed by atoms with Gasteiger partial charge in [-0.25, -0.2) is 0 Å². The van der Waals surface area contributed by atoms with Crippen molar-refractivity contribution >= 4 is 5.70 Å². The molecule has 0 atom stereocenters. The van der Waals surface area contributed by atoms with Gasteiger partial charge in [0.25, 0.3) is 0 Å². The molecule has 0 saturated heterocycles. The minimum atomic E-state index is 0.944. The van der Waals surface area contributed by atoms with Crippen LogP contribution in [-0.2, 0) is 0 Å². The second kappa shape index (κ2) is 4.67. The molecule has 0 saturated carbocycles. The number of hydrogen-bond donors (Lipinski definition) is 1. The predicted octanol–water partition coefficient (Wildman–Crippen LogP) is 3.54. The summed E-state index contributed by atoms with van der Waals surface area (Å²) in [6.45, 7) is 3.93. The van der Waals surface area contributed by atoms with Gasteiger partial charge in [0.2, 0.25) is 0 Å². The van der Waals surface area contributed by atoms with Crippen molar-refractivity contribution in [2.75, 3.05) is 7.05 Å². The molecule has 1 heteroatoms. The molecule has 0 heterocycles. The van der Waals surface area contributed by atoms with Crippen LogP contribution < -0.4 is 5.32 Å². The Labute approximate surface area is 96.4 Å². The van der Waals surface area contributed by atoms with E-state index in [1.807, 2.05) is 13.1 Å². The number of benzene rings is 2. The topological polar surface area (TPSA) is 12.0 Å². The van der Waals surface area contributed by atoms with E-state index in [1.54, 1.807) is 0 Å². The van der Waals surface area contributed by atoms with E-state index in [4.69, 9.17) is 0 Å². The molecule has 0 bridgehead atoms. The van der Waals surface area contributed by atoms with Crippen LogP contribution in [0.15, 0.2) is 61.2 Å². The van der Waals surface area contributed by atoms with Gasteiger partial charge in [0.05, 0.1) is 0 Å². The van der Waals surface area contributed by atoms with Gasteiger partial charge < -0.3 is 5.32 Å². The van der Waals surface area contributed by atoms with Gasteiger partial charge in [-0.1, -0.05) is 61.2 Å². The predicted molar refractivity (Wildman–Crippen MR) is 70.0 cm³/mol. The lowest BCUT2D eigenvalue weighted by atomic mass is 10.0. The quantitative estimate of drug-likeness (QED) is 0.815. The Bertz CT molecular complexity index is 469. The lowest BCUT2D eigenvalue weighted by molar-refractivity contribution is 1.13. The SMILES string of the molecule is C=C(NC)c1ccc(-c2ccccc2)cc1. The highest BCUT2D eigenvalue weighted by Gasteiger charge is 1.98. The van der Waals surface area contributed by atoms with E-state index in [1.165, 1.54) is 11.1 Å². The van der Waals surface area contributed by atoms with E-state index in [-0.39, 0.29) is 0 Å². The maximum atomic E-state index is 3.93. The van der Waals surface area contributed by atoms with Gasteiger partial charge in [-0.05, 0) is 16.7 Å². The Morgan fingerprint density at radius 2 is 1.44 bits per heavy atom. The van der Waals surface area contributed by atoms with Crippen molar-refractivity contribution in [3.63, 3.8) is 0 Å². The zero-order chi connectivity index (χ0) is 11.4. The van der Waals surface area contributed by atoms with Gasteiger partial charge >= 0.3 is 0 Å².